The molecule has 1 aromatic rings. The number of hydrogen-bond acceptors (Lipinski definition) is 4. The molecule has 1 heterocycles. The number of amides is 1. The molecule has 0 saturated heterocycles. The van der Waals surface area contributed by atoms with Gasteiger partial charge in [-0.3, -0.25) is 14.6 Å². The van der Waals surface area contributed by atoms with Crippen LogP contribution in [0.2, 0.25) is 0 Å². The van der Waals surface area contributed by atoms with Gasteiger partial charge in [-0.15, -0.1) is 0 Å². The van der Waals surface area contributed by atoms with Crippen LogP contribution in [0.5, 0.6) is 5.88 Å². The van der Waals surface area contributed by atoms with E-state index in [4.69, 9.17) is 0 Å². The summed E-state index contributed by atoms with van der Waals surface area (Å²) < 4.78 is 0. The fourth-order valence-corrected chi connectivity index (χ4v) is 1.81. The lowest BCUT2D eigenvalue weighted by Crippen LogP contribution is -2.30. The summed E-state index contributed by atoms with van der Waals surface area (Å²) in [7, 11) is 0. The number of nitrogens with zero attached hydrogens (tertiary/aromatic N) is 1. The highest BCUT2D eigenvalue weighted by atomic mass is 16.3. The molecule has 19 heavy (non-hydrogen) atoms. The second kappa shape index (κ2) is 7.58. The number of pyridine rings is 1. The highest BCUT2D eigenvalue weighted by molar-refractivity contribution is 5.94. The molecule has 3 N–H and O–H groups in total. The maximum atomic E-state index is 11.7. The van der Waals surface area contributed by atoms with Crippen LogP contribution in [0.3, 0.4) is 0 Å². The lowest BCUT2D eigenvalue weighted by Gasteiger charge is -2.17. The van der Waals surface area contributed by atoms with E-state index in [1.165, 1.54) is 12.1 Å². The zero-order valence-electron chi connectivity index (χ0n) is 11.4. The smallest absolute Gasteiger partial charge is 0.251 e. The van der Waals surface area contributed by atoms with Crippen molar-refractivity contribution in [2.75, 3.05) is 26.2 Å². The fraction of sp³-hybridized carbons (Fsp3) is 0.538. The van der Waals surface area contributed by atoms with Gasteiger partial charge in [0.15, 0.2) is 5.88 Å². The van der Waals surface area contributed by atoms with Gasteiger partial charge in [0, 0.05) is 18.7 Å². The van der Waals surface area contributed by atoms with E-state index in [1.807, 2.05) is 0 Å². The van der Waals surface area contributed by atoms with E-state index in [-0.39, 0.29) is 17.4 Å². The van der Waals surface area contributed by atoms with Crippen molar-refractivity contribution in [1.82, 2.24) is 15.2 Å². The fourth-order valence-electron chi connectivity index (χ4n) is 1.81. The van der Waals surface area contributed by atoms with Crippen molar-refractivity contribution in [3.8, 4) is 5.88 Å². The van der Waals surface area contributed by atoms with Crippen molar-refractivity contribution in [3.05, 3.63) is 28.0 Å². The van der Waals surface area contributed by atoms with Crippen LogP contribution < -0.4 is 10.9 Å². The minimum absolute atomic E-state index is 0.170. The molecule has 6 nitrogen and oxygen atoms in total. The average Bonchev–Trinajstić information content (AvgIpc) is 2.37. The summed E-state index contributed by atoms with van der Waals surface area (Å²) in [6.45, 7) is 7.65. The molecule has 0 saturated carbocycles. The Labute approximate surface area is 112 Å². The second-order valence-electron chi connectivity index (χ2n) is 4.25. The first kappa shape index (κ1) is 15.2. The van der Waals surface area contributed by atoms with Crippen molar-refractivity contribution in [3.63, 3.8) is 0 Å². The molecule has 0 aromatic carbocycles. The number of H-pyrrole nitrogens is 1. The molecule has 0 unspecified atom stereocenters. The van der Waals surface area contributed by atoms with Crippen LogP contribution in [-0.4, -0.2) is 47.1 Å². The molecule has 106 valence electrons. The van der Waals surface area contributed by atoms with E-state index in [9.17, 15) is 14.7 Å². The number of carbonyl (C=O) groups is 1. The Balaban J connectivity index is 2.41. The molecule has 0 radical (unpaired) electrons. The minimum Gasteiger partial charge on any atom is -0.494 e. The molecular weight excluding hydrogens is 246 g/mol. The molecule has 0 fully saturated rings. The van der Waals surface area contributed by atoms with E-state index in [1.54, 1.807) is 0 Å². The first-order valence-electron chi connectivity index (χ1n) is 6.50. The van der Waals surface area contributed by atoms with Crippen LogP contribution in [0.15, 0.2) is 16.9 Å². The van der Waals surface area contributed by atoms with E-state index in [0.29, 0.717) is 6.54 Å². The quantitative estimate of drug-likeness (QED) is 0.630. The van der Waals surface area contributed by atoms with Crippen molar-refractivity contribution < 1.29 is 9.90 Å². The van der Waals surface area contributed by atoms with E-state index < -0.39 is 5.56 Å². The standard InChI is InChI=1S/C13H21N3O3/c1-3-16(4-2)7-5-6-14-13(19)10-8-11(17)15-12(18)9-10/h8-9H,3-7H2,1-2H3,(H,14,19)(H2,15,17,18). The molecule has 0 aliphatic heterocycles. The van der Waals surface area contributed by atoms with Crippen molar-refractivity contribution in [2.45, 2.75) is 20.3 Å². The third-order valence-corrected chi connectivity index (χ3v) is 2.92. The summed E-state index contributed by atoms with van der Waals surface area (Å²) in [6.07, 6.45) is 0.850. The van der Waals surface area contributed by atoms with Crippen molar-refractivity contribution >= 4 is 5.91 Å². The number of hydrogen-bond donors (Lipinski definition) is 3. The predicted molar refractivity (Wildman–Crippen MR) is 73.5 cm³/mol. The molecule has 1 aromatic heterocycles. The lowest BCUT2D eigenvalue weighted by molar-refractivity contribution is 0.0951. The summed E-state index contributed by atoms with van der Waals surface area (Å²) in [5.74, 6) is -0.651. The number of aromatic amines is 1. The van der Waals surface area contributed by atoms with Gasteiger partial charge >= 0.3 is 0 Å². The molecule has 6 heteroatoms. The Bertz CT molecular complexity index is 466. The number of nitrogens with one attached hydrogen (secondary N) is 2. The van der Waals surface area contributed by atoms with Gasteiger partial charge < -0.3 is 15.3 Å². The van der Waals surface area contributed by atoms with Crippen molar-refractivity contribution in [2.24, 2.45) is 0 Å². The van der Waals surface area contributed by atoms with Gasteiger partial charge in [-0.05, 0) is 26.1 Å². The van der Waals surface area contributed by atoms with Gasteiger partial charge in [0.1, 0.15) is 0 Å². The van der Waals surface area contributed by atoms with Crippen LogP contribution in [0.4, 0.5) is 0 Å². The highest BCUT2D eigenvalue weighted by Crippen LogP contribution is 2.03. The molecule has 0 atom stereocenters. The van der Waals surface area contributed by atoms with E-state index in [2.05, 4.69) is 29.0 Å². The molecule has 0 bridgehead atoms. The molecule has 1 rings (SSSR count). The summed E-state index contributed by atoms with van der Waals surface area (Å²) in [5.41, 5.74) is -0.322. The maximum absolute atomic E-state index is 11.7. The number of aromatic nitrogens is 1. The predicted octanol–water partition coefficient (Wildman–Crippen LogP) is 0.542. The number of carbonyl (C=O) groups excluding carboxylic acids is 1. The first-order valence-corrected chi connectivity index (χ1v) is 6.50. The Hall–Kier alpha value is -1.82. The highest BCUT2D eigenvalue weighted by Gasteiger charge is 2.07. The Morgan fingerprint density at radius 2 is 2.05 bits per heavy atom. The Morgan fingerprint density at radius 3 is 2.63 bits per heavy atom. The number of aromatic hydroxyl groups is 1. The monoisotopic (exact) mass is 267 g/mol. The van der Waals surface area contributed by atoms with Gasteiger partial charge in [0.25, 0.3) is 11.5 Å². The molecular formula is C13H21N3O3. The summed E-state index contributed by atoms with van der Waals surface area (Å²) in [4.78, 5) is 27.3. The van der Waals surface area contributed by atoms with Crippen LogP contribution in [-0.2, 0) is 0 Å². The van der Waals surface area contributed by atoms with Crippen LogP contribution in [0, 0.1) is 0 Å². The maximum Gasteiger partial charge on any atom is 0.251 e. The molecule has 1 amide bonds. The van der Waals surface area contributed by atoms with E-state index in [0.717, 1.165) is 26.1 Å². The second-order valence-corrected chi connectivity index (χ2v) is 4.25. The summed E-state index contributed by atoms with van der Waals surface area (Å²) >= 11 is 0. The first-order chi connectivity index (χ1) is 9.06. The van der Waals surface area contributed by atoms with Gasteiger partial charge in [-0.1, -0.05) is 13.8 Å². The van der Waals surface area contributed by atoms with Gasteiger partial charge in [0.05, 0.1) is 5.56 Å². The lowest BCUT2D eigenvalue weighted by atomic mass is 10.2. The van der Waals surface area contributed by atoms with Crippen LogP contribution in [0.1, 0.15) is 30.6 Å². The topological polar surface area (TPSA) is 85.4 Å². The summed E-state index contributed by atoms with van der Waals surface area (Å²) in [5, 5.41) is 11.9. The number of rotatable bonds is 7. The zero-order chi connectivity index (χ0) is 14.3. The third-order valence-electron chi connectivity index (χ3n) is 2.92. The molecule has 0 aliphatic carbocycles. The normalized spacial score (nSPS) is 10.7. The zero-order valence-corrected chi connectivity index (χ0v) is 11.4. The Morgan fingerprint density at radius 1 is 1.37 bits per heavy atom. The minimum atomic E-state index is -0.492. The van der Waals surface area contributed by atoms with Crippen LogP contribution in [0.25, 0.3) is 0 Å². The Kier molecular flexibility index (Phi) is 6.08. The largest absolute Gasteiger partial charge is 0.494 e. The SMILES string of the molecule is CCN(CC)CCCNC(=O)c1cc(O)[nH]c(=O)c1. The average molecular weight is 267 g/mol. The summed E-state index contributed by atoms with van der Waals surface area (Å²) in [6, 6.07) is 2.40. The van der Waals surface area contributed by atoms with Gasteiger partial charge in [-0.2, -0.15) is 0 Å². The molecule has 0 aliphatic rings. The van der Waals surface area contributed by atoms with Gasteiger partial charge in [-0.25, -0.2) is 0 Å². The third kappa shape index (κ3) is 5.13. The molecule has 0 spiro atoms. The van der Waals surface area contributed by atoms with Gasteiger partial charge in [0.2, 0.25) is 0 Å². The van der Waals surface area contributed by atoms with Crippen LogP contribution >= 0.6 is 0 Å². The van der Waals surface area contributed by atoms with E-state index >= 15 is 0 Å². The van der Waals surface area contributed by atoms with Crippen molar-refractivity contribution in [1.29, 1.82) is 0 Å².